The minimum absolute atomic E-state index is 0.0820. The fraction of sp³-hybridized carbons (Fsp3) is 0.100. The van der Waals surface area contributed by atoms with Gasteiger partial charge in [0.2, 0.25) is 0 Å². The van der Waals surface area contributed by atoms with Crippen LogP contribution in [-0.2, 0) is 16.0 Å². The van der Waals surface area contributed by atoms with Crippen molar-refractivity contribution in [3.63, 3.8) is 0 Å². The van der Waals surface area contributed by atoms with Crippen LogP contribution in [0.15, 0.2) is 60.3 Å². The molecule has 0 aromatic heterocycles. The number of carboxylic acids is 1. The van der Waals surface area contributed by atoms with Gasteiger partial charge in [-0.05, 0) is 36.8 Å². The molecule has 0 heterocycles. The first-order valence-electron chi connectivity index (χ1n) is 7.99. The van der Waals surface area contributed by atoms with E-state index in [1.165, 1.54) is 19.2 Å². The van der Waals surface area contributed by atoms with Gasteiger partial charge in [-0.2, -0.15) is 5.26 Å². The minimum Gasteiger partial charge on any atom is -0.481 e. The van der Waals surface area contributed by atoms with Crippen molar-refractivity contribution in [1.29, 1.82) is 5.26 Å². The molecule has 0 aliphatic carbocycles. The van der Waals surface area contributed by atoms with Crippen LogP contribution in [0, 0.1) is 11.3 Å². The van der Waals surface area contributed by atoms with Gasteiger partial charge < -0.3 is 15.7 Å². The van der Waals surface area contributed by atoms with E-state index in [9.17, 15) is 19.6 Å². The number of nitrogens with zero attached hydrogens (tertiary/aromatic N) is 1. The monoisotopic (exact) mass is 363 g/mol. The summed E-state index contributed by atoms with van der Waals surface area (Å²) in [6, 6.07) is 14.8. The molecule has 0 atom stereocenters. The van der Waals surface area contributed by atoms with Crippen molar-refractivity contribution in [1.82, 2.24) is 0 Å². The van der Waals surface area contributed by atoms with E-state index in [0.717, 1.165) is 0 Å². The Hall–Kier alpha value is -3.92. The minimum atomic E-state index is -0.923. The molecule has 0 saturated carbocycles. The van der Waals surface area contributed by atoms with Gasteiger partial charge >= 0.3 is 5.97 Å². The Morgan fingerprint density at radius 2 is 1.81 bits per heavy atom. The fourth-order valence-corrected chi connectivity index (χ4v) is 2.21. The zero-order chi connectivity index (χ0) is 19.8. The maximum absolute atomic E-state index is 12.2. The summed E-state index contributed by atoms with van der Waals surface area (Å²) in [5.74, 6) is -1.67. The molecule has 2 rings (SSSR count). The molecule has 0 spiro atoms. The number of benzene rings is 2. The molecular formula is C20H17N3O4. The van der Waals surface area contributed by atoms with Gasteiger partial charge in [0.15, 0.2) is 5.78 Å². The van der Waals surface area contributed by atoms with Gasteiger partial charge in [-0.25, -0.2) is 0 Å². The average Bonchev–Trinajstić information content (AvgIpc) is 2.63. The fourth-order valence-electron chi connectivity index (χ4n) is 2.21. The summed E-state index contributed by atoms with van der Waals surface area (Å²) >= 11 is 0. The van der Waals surface area contributed by atoms with Gasteiger partial charge in [-0.3, -0.25) is 14.4 Å². The van der Waals surface area contributed by atoms with Crippen LogP contribution in [0.25, 0.3) is 0 Å². The van der Waals surface area contributed by atoms with Crippen molar-refractivity contribution in [2.45, 2.75) is 13.3 Å². The number of carbonyl (C=O) groups excluding carboxylic acids is 2. The first-order chi connectivity index (χ1) is 12.9. The number of hydrogen-bond donors (Lipinski definition) is 3. The van der Waals surface area contributed by atoms with Crippen LogP contribution in [0.3, 0.4) is 0 Å². The zero-order valence-electron chi connectivity index (χ0n) is 14.5. The van der Waals surface area contributed by atoms with E-state index in [0.29, 0.717) is 22.5 Å². The third-order valence-corrected chi connectivity index (χ3v) is 3.58. The van der Waals surface area contributed by atoms with Crippen molar-refractivity contribution < 1.29 is 19.5 Å². The topological polar surface area (TPSA) is 119 Å². The third-order valence-electron chi connectivity index (χ3n) is 3.58. The predicted octanol–water partition coefficient (Wildman–Crippen LogP) is 2.97. The van der Waals surface area contributed by atoms with E-state index >= 15 is 0 Å². The molecule has 1 amide bonds. The lowest BCUT2D eigenvalue weighted by Crippen LogP contribution is -2.14. The van der Waals surface area contributed by atoms with Crippen molar-refractivity contribution in [2.24, 2.45) is 0 Å². The second-order valence-electron chi connectivity index (χ2n) is 5.67. The number of ketones is 1. The van der Waals surface area contributed by atoms with Crippen LogP contribution in [-0.4, -0.2) is 22.8 Å². The molecule has 27 heavy (non-hydrogen) atoms. The Balaban J connectivity index is 2.06. The predicted molar refractivity (Wildman–Crippen MR) is 100 cm³/mol. The summed E-state index contributed by atoms with van der Waals surface area (Å²) < 4.78 is 0. The summed E-state index contributed by atoms with van der Waals surface area (Å²) in [6.45, 7) is 1.42. The summed E-state index contributed by atoms with van der Waals surface area (Å²) in [5.41, 5.74) is 1.95. The number of amides is 1. The van der Waals surface area contributed by atoms with Crippen LogP contribution in [0.2, 0.25) is 0 Å². The maximum atomic E-state index is 12.2. The standard InChI is InChI=1S/C20H17N3O4/c1-13(24)15-3-2-4-18(10-15)23-20(27)16(11-21)12-22-17-7-5-14(6-8-17)9-19(25)26/h2-8,10,12,22H,9H2,1H3,(H,23,27)(H,25,26)/b16-12-. The van der Waals surface area contributed by atoms with Crippen molar-refractivity contribution in [3.8, 4) is 6.07 Å². The van der Waals surface area contributed by atoms with Gasteiger partial charge in [0, 0.05) is 23.1 Å². The quantitative estimate of drug-likeness (QED) is 0.395. The molecule has 0 aliphatic heterocycles. The highest BCUT2D eigenvalue weighted by atomic mass is 16.4. The average molecular weight is 363 g/mol. The van der Waals surface area contributed by atoms with Gasteiger partial charge in [0.1, 0.15) is 11.6 Å². The van der Waals surface area contributed by atoms with Gasteiger partial charge in [-0.1, -0.05) is 24.3 Å². The normalized spacial score (nSPS) is 10.6. The summed E-state index contributed by atoms with van der Waals surface area (Å²) in [7, 11) is 0. The molecule has 2 aromatic carbocycles. The van der Waals surface area contributed by atoms with E-state index < -0.39 is 11.9 Å². The Bertz CT molecular complexity index is 940. The van der Waals surface area contributed by atoms with Gasteiger partial charge in [0.25, 0.3) is 5.91 Å². The van der Waals surface area contributed by atoms with E-state index in [2.05, 4.69) is 10.6 Å². The summed E-state index contributed by atoms with van der Waals surface area (Å²) in [4.78, 5) is 34.3. The number of carboxylic acid groups (broad SMARTS) is 1. The number of hydrogen-bond acceptors (Lipinski definition) is 5. The Morgan fingerprint density at radius 1 is 1.11 bits per heavy atom. The first kappa shape index (κ1) is 19.4. The van der Waals surface area contributed by atoms with E-state index in [1.807, 2.05) is 6.07 Å². The SMILES string of the molecule is CC(=O)c1cccc(NC(=O)/C(C#N)=C\Nc2ccc(CC(=O)O)cc2)c1. The number of Topliss-reactive ketones (excluding diaryl/α,β-unsaturated/α-hetero) is 1. The van der Waals surface area contributed by atoms with Crippen LogP contribution in [0.5, 0.6) is 0 Å². The lowest BCUT2D eigenvalue weighted by atomic mass is 10.1. The molecule has 7 nitrogen and oxygen atoms in total. The molecule has 0 saturated heterocycles. The Labute approximate surface area is 155 Å². The smallest absolute Gasteiger partial charge is 0.307 e. The molecule has 0 aliphatic rings. The molecule has 0 fully saturated rings. The second kappa shape index (κ2) is 8.97. The van der Waals surface area contributed by atoms with Crippen molar-refractivity contribution in [2.75, 3.05) is 10.6 Å². The number of nitrogens with one attached hydrogen (secondary N) is 2. The number of rotatable bonds is 7. The molecule has 2 aromatic rings. The number of anilines is 2. The van der Waals surface area contributed by atoms with Crippen LogP contribution >= 0.6 is 0 Å². The highest BCUT2D eigenvalue weighted by Gasteiger charge is 2.10. The number of carbonyl (C=O) groups is 3. The lowest BCUT2D eigenvalue weighted by molar-refractivity contribution is -0.136. The number of aliphatic carboxylic acids is 1. The molecule has 0 bridgehead atoms. The van der Waals surface area contributed by atoms with E-state index in [4.69, 9.17) is 5.11 Å². The zero-order valence-corrected chi connectivity index (χ0v) is 14.5. The molecule has 136 valence electrons. The second-order valence-corrected chi connectivity index (χ2v) is 5.67. The highest BCUT2D eigenvalue weighted by molar-refractivity contribution is 6.07. The van der Waals surface area contributed by atoms with E-state index in [1.54, 1.807) is 42.5 Å². The highest BCUT2D eigenvalue weighted by Crippen LogP contribution is 2.14. The Morgan fingerprint density at radius 3 is 2.41 bits per heavy atom. The third kappa shape index (κ3) is 5.83. The summed E-state index contributed by atoms with van der Waals surface area (Å²) in [5, 5.41) is 23.3. The molecule has 0 radical (unpaired) electrons. The van der Waals surface area contributed by atoms with Crippen molar-refractivity contribution >= 4 is 29.0 Å². The molecule has 0 unspecified atom stereocenters. The Kier molecular flexibility index (Phi) is 6.44. The first-order valence-corrected chi connectivity index (χ1v) is 7.99. The lowest BCUT2D eigenvalue weighted by Gasteiger charge is -2.07. The van der Waals surface area contributed by atoms with Crippen LogP contribution < -0.4 is 10.6 Å². The van der Waals surface area contributed by atoms with Crippen LogP contribution in [0.1, 0.15) is 22.8 Å². The summed E-state index contributed by atoms with van der Waals surface area (Å²) in [6.07, 6.45) is 1.18. The molecule has 3 N–H and O–H groups in total. The van der Waals surface area contributed by atoms with E-state index in [-0.39, 0.29) is 17.8 Å². The number of nitriles is 1. The molecular weight excluding hydrogens is 346 g/mol. The van der Waals surface area contributed by atoms with Gasteiger partial charge in [0.05, 0.1) is 6.42 Å². The van der Waals surface area contributed by atoms with Gasteiger partial charge in [-0.15, -0.1) is 0 Å². The maximum Gasteiger partial charge on any atom is 0.307 e. The molecule has 7 heteroatoms. The van der Waals surface area contributed by atoms with Crippen LogP contribution in [0.4, 0.5) is 11.4 Å². The largest absolute Gasteiger partial charge is 0.481 e. The van der Waals surface area contributed by atoms with Crippen molar-refractivity contribution in [3.05, 3.63) is 71.4 Å².